The van der Waals surface area contributed by atoms with Crippen LogP contribution in [-0.4, -0.2) is 18.3 Å². The number of hydrogen-bond donors (Lipinski definition) is 0. The first-order valence-corrected chi connectivity index (χ1v) is 7.15. The van der Waals surface area contributed by atoms with Crippen LogP contribution in [0.4, 0.5) is 0 Å². The molecule has 0 N–H and O–H groups in total. The molecular formula is C7H8Cl2N2OPd. The van der Waals surface area contributed by atoms with Crippen LogP contribution in [0.2, 0.25) is 0 Å². The summed E-state index contributed by atoms with van der Waals surface area (Å²) in [4.78, 5) is 8.46. The molecule has 0 unspecified atom stereocenters. The quantitative estimate of drug-likeness (QED) is 0.477. The summed E-state index contributed by atoms with van der Waals surface area (Å²) in [6.45, 7) is 0. The topological polar surface area (TPSA) is 34.5 Å². The van der Waals surface area contributed by atoms with Gasteiger partial charge in [0.25, 0.3) is 0 Å². The molecule has 76 valence electrons. The number of aromatic nitrogens is 1. The summed E-state index contributed by atoms with van der Waals surface area (Å²) in [7, 11) is 11.1. The molecule has 0 saturated carbocycles. The Morgan fingerprint density at radius 2 is 2.23 bits per heavy atom. The molecule has 1 rings (SSSR count). The van der Waals surface area contributed by atoms with Crippen LogP contribution in [0.15, 0.2) is 29.6 Å². The number of pyridine rings is 1. The van der Waals surface area contributed by atoms with Crippen LogP contribution in [0.5, 0.6) is 0 Å². The zero-order chi connectivity index (χ0) is 9.94. The van der Waals surface area contributed by atoms with Crippen molar-refractivity contribution < 1.29 is 20.8 Å². The van der Waals surface area contributed by atoms with E-state index in [-0.39, 0.29) is 15.9 Å². The molecule has 0 saturated heterocycles. The van der Waals surface area contributed by atoms with E-state index in [1.54, 1.807) is 12.4 Å². The third-order valence-electron chi connectivity index (χ3n) is 0.978. The van der Waals surface area contributed by atoms with E-state index in [9.17, 15) is 0 Å². The van der Waals surface area contributed by atoms with Gasteiger partial charge in [-0.25, -0.2) is 0 Å². The molecule has 0 radical (unpaired) electrons. The van der Waals surface area contributed by atoms with Gasteiger partial charge in [0.15, 0.2) is 0 Å². The fourth-order valence-electron chi connectivity index (χ4n) is 0.559. The first-order valence-electron chi connectivity index (χ1n) is 3.15. The normalized spacial score (nSPS) is 9.46. The van der Waals surface area contributed by atoms with E-state index in [1.165, 1.54) is 7.11 Å². The summed E-state index contributed by atoms with van der Waals surface area (Å²) in [6.07, 6.45) is 3.26. The molecule has 1 heterocycles. The molecule has 0 aliphatic heterocycles. The van der Waals surface area contributed by atoms with Crippen LogP contribution in [-0.2, 0) is 20.8 Å². The predicted molar refractivity (Wildman–Crippen MR) is 50.5 cm³/mol. The molecule has 0 fully saturated rings. The van der Waals surface area contributed by atoms with Crippen LogP contribution in [0.25, 0.3) is 0 Å². The van der Waals surface area contributed by atoms with Gasteiger partial charge in [-0.15, -0.1) is 0 Å². The number of oxime groups is 1. The van der Waals surface area contributed by atoms with Crippen molar-refractivity contribution in [1.82, 2.24) is 4.98 Å². The van der Waals surface area contributed by atoms with E-state index in [0.717, 1.165) is 5.69 Å². The second-order valence-corrected chi connectivity index (χ2v) is 4.08. The molecule has 6 heteroatoms. The van der Waals surface area contributed by atoms with Gasteiger partial charge in [-0.05, 0) is 12.1 Å². The molecule has 0 aliphatic carbocycles. The maximum absolute atomic E-state index is 4.81. The Morgan fingerprint density at radius 3 is 2.69 bits per heavy atom. The molecular weight excluding hydrogens is 305 g/mol. The first kappa shape index (κ1) is 12.9. The van der Waals surface area contributed by atoms with Crippen LogP contribution in [0.1, 0.15) is 5.69 Å². The molecule has 0 aromatic carbocycles. The summed E-state index contributed by atoms with van der Waals surface area (Å²) in [6, 6.07) is 5.59. The first-order chi connectivity index (χ1) is 6.35. The monoisotopic (exact) mass is 312 g/mol. The van der Waals surface area contributed by atoms with E-state index in [2.05, 4.69) is 15.0 Å². The van der Waals surface area contributed by atoms with Gasteiger partial charge in [0.05, 0.1) is 11.9 Å². The van der Waals surface area contributed by atoms with Crippen LogP contribution >= 0.6 is 19.1 Å². The van der Waals surface area contributed by atoms with Crippen molar-refractivity contribution in [2.75, 3.05) is 7.11 Å². The van der Waals surface area contributed by atoms with Gasteiger partial charge in [0.2, 0.25) is 0 Å². The van der Waals surface area contributed by atoms with Crippen molar-refractivity contribution in [3.8, 4) is 0 Å². The van der Waals surface area contributed by atoms with Gasteiger partial charge in [0, 0.05) is 6.20 Å². The third kappa shape index (κ3) is 8.20. The van der Waals surface area contributed by atoms with Crippen LogP contribution in [0, 0.1) is 0 Å². The minimum absolute atomic E-state index is 0.106. The Kier molecular flexibility index (Phi) is 9.84. The summed E-state index contributed by atoms with van der Waals surface area (Å²) in [5.74, 6) is 0. The van der Waals surface area contributed by atoms with Gasteiger partial charge in [-0.2, -0.15) is 0 Å². The Labute approximate surface area is 93.2 Å². The van der Waals surface area contributed by atoms with E-state index < -0.39 is 0 Å². The molecule has 0 bridgehead atoms. The molecule has 3 nitrogen and oxygen atoms in total. The van der Waals surface area contributed by atoms with Crippen molar-refractivity contribution in [3.05, 3.63) is 30.1 Å². The Balaban J connectivity index is 0.000000424. The second kappa shape index (κ2) is 9.95. The molecule has 0 aliphatic rings. The fourth-order valence-corrected chi connectivity index (χ4v) is 0.559. The SMILES string of the molecule is CO/N=C/c1ccccn1.[Cl][Pd][Cl]. The second-order valence-electron chi connectivity index (χ2n) is 1.72. The van der Waals surface area contributed by atoms with Crippen molar-refractivity contribution >= 4 is 25.3 Å². The van der Waals surface area contributed by atoms with Gasteiger partial charge < -0.3 is 4.84 Å². The minimum atomic E-state index is -0.106. The summed E-state index contributed by atoms with van der Waals surface area (Å²) in [5.41, 5.74) is 0.796. The van der Waals surface area contributed by atoms with Crippen molar-refractivity contribution in [2.24, 2.45) is 5.16 Å². The molecule has 1 aromatic heterocycles. The van der Waals surface area contributed by atoms with Gasteiger partial charge >= 0.3 is 35.0 Å². The van der Waals surface area contributed by atoms with Crippen molar-refractivity contribution in [2.45, 2.75) is 0 Å². The zero-order valence-electron chi connectivity index (χ0n) is 6.76. The average Bonchev–Trinajstić information content (AvgIpc) is 2.18. The van der Waals surface area contributed by atoms with Crippen LogP contribution < -0.4 is 0 Å². The number of rotatable bonds is 2. The summed E-state index contributed by atoms with van der Waals surface area (Å²) < 4.78 is 0. The molecule has 0 amide bonds. The van der Waals surface area contributed by atoms with E-state index >= 15 is 0 Å². The predicted octanol–water partition coefficient (Wildman–Crippen LogP) is 2.44. The van der Waals surface area contributed by atoms with Crippen LogP contribution in [0.3, 0.4) is 0 Å². The number of halogens is 2. The molecule has 1 aromatic rings. The molecule has 0 spiro atoms. The molecule has 13 heavy (non-hydrogen) atoms. The van der Waals surface area contributed by atoms with Gasteiger partial charge in [0.1, 0.15) is 7.11 Å². The van der Waals surface area contributed by atoms with E-state index in [4.69, 9.17) is 19.1 Å². The maximum atomic E-state index is 4.81. The number of hydrogen-bond acceptors (Lipinski definition) is 3. The average molecular weight is 313 g/mol. The third-order valence-corrected chi connectivity index (χ3v) is 0.978. The number of nitrogens with zero attached hydrogens (tertiary/aromatic N) is 2. The van der Waals surface area contributed by atoms with E-state index in [0.29, 0.717) is 0 Å². The van der Waals surface area contributed by atoms with Gasteiger partial charge in [-0.1, -0.05) is 11.2 Å². The van der Waals surface area contributed by atoms with Gasteiger partial charge in [-0.3, -0.25) is 4.98 Å². The molecule has 0 atom stereocenters. The fraction of sp³-hybridized carbons (Fsp3) is 0.143. The summed E-state index contributed by atoms with van der Waals surface area (Å²) >= 11 is -0.106. The Morgan fingerprint density at radius 1 is 1.54 bits per heavy atom. The Bertz CT molecular complexity index is 233. The van der Waals surface area contributed by atoms with E-state index in [1.807, 2.05) is 18.2 Å². The summed E-state index contributed by atoms with van der Waals surface area (Å²) in [5, 5.41) is 3.55. The van der Waals surface area contributed by atoms with Crippen molar-refractivity contribution in [1.29, 1.82) is 0 Å². The standard InChI is InChI=1S/C7H8N2O.2ClH.Pd/c1-10-9-6-7-4-2-3-5-8-7;;;/h2-6H,1H3;2*1H;/q;;;+2/p-2/b9-6+;;;. The van der Waals surface area contributed by atoms with Crippen molar-refractivity contribution in [3.63, 3.8) is 0 Å². The Hall–Kier alpha value is -0.138. The zero-order valence-corrected chi connectivity index (χ0v) is 9.83.